The number of rotatable bonds is 7. The van der Waals surface area contributed by atoms with Crippen LogP contribution in [0.2, 0.25) is 5.02 Å². The van der Waals surface area contributed by atoms with Crippen molar-refractivity contribution in [3.8, 4) is 5.75 Å². The first-order valence-electron chi connectivity index (χ1n) is 8.75. The number of amides is 1. The Kier molecular flexibility index (Phi) is 6.89. The van der Waals surface area contributed by atoms with E-state index in [-0.39, 0.29) is 11.9 Å². The number of benzene rings is 2. The number of ether oxygens (including phenoxy) is 1. The second-order valence-electron chi connectivity index (χ2n) is 6.26. The molecule has 0 saturated carbocycles. The number of carbonyl (C=O) groups excluding carboxylic acids is 1. The summed E-state index contributed by atoms with van der Waals surface area (Å²) in [5, 5.41) is 3.62. The monoisotopic (exact) mass is 359 g/mol. The van der Waals surface area contributed by atoms with Crippen LogP contribution in [0.15, 0.2) is 42.5 Å². The predicted octanol–water partition coefficient (Wildman–Crippen LogP) is 5.38. The van der Waals surface area contributed by atoms with Gasteiger partial charge < -0.3 is 10.1 Å². The largest absolute Gasteiger partial charge is 0.479 e. The summed E-state index contributed by atoms with van der Waals surface area (Å²) < 4.78 is 5.84. The van der Waals surface area contributed by atoms with Gasteiger partial charge in [0, 0.05) is 0 Å². The molecule has 3 nitrogen and oxygen atoms in total. The first-order chi connectivity index (χ1) is 12.0. The minimum atomic E-state index is -0.569. The van der Waals surface area contributed by atoms with Gasteiger partial charge in [-0.1, -0.05) is 55.8 Å². The number of aryl methyl sites for hydroxylation is 2. The molecule has 1 amide bonds. The fraction of sp³-hybridized carbons (Fsp3) is 0.381. The van der Waals surface area contributed by atoms with Crippen molar-refractivity contribution < 1.29 is 9.53 Å². The van der Waals surface area contributed by atoms with Gasteiger partial charge in [0.1, 0.15) is 5.75 Å². The highest BCUT2D eigenvalue weighted by molar-refractivity contribution is 6.32. The van der Waals surface area contributed by atoms with Crippen molar-refractivity contribution in [1.29, 1.82) is 0 Å². The van der Waals surface area contributed by atoms with Crippen molar-refractivity contribution in [1.82, 2.24) is 5.32 Å². The SMILES string of the molecule is CC[C@H](Oc1ccccc1Cl)C(=O)N[C@H](CC)c1ccc(C)c(C)c1. The topological polar surface area (TPSA) is 38.3 Å². The van der Waals surface area contributed by atoms with E-state index >= 15 is 0 Å². The minimum absolute atomic E-state index is 0.0318. The number of hydrogen-bond donors (Lipinski definition) is 1. The van der Waals surface area contributed by atoms with Gasteiger partial charge in [-0.15, -0.1) is 0 Å². The van der Waals surface area contributed by atoms with E-state index in [0.717, 1.165) is 12.0 Å². The highest BCUT2D eigenvalue weighted by atomic mass is 35.5. The Bertz CT molecular complexity index is 730. The smallest absolute Gasteiger partial charge is 0.261 e. The highest BCUT2D eigenvalue weighted by Crippen LogP contribution is 2.25. The van der Waals surface area contributed by atoms with E-state index in [9.17, 15) is 4.79 Å². The number of para-hydroxylation sites is 1. The van der Waals surface area contributed by atoms with Gasteiger partial charge in [0.25, 0.3) is 5.91 Å². The Morgan fingerprint density at radius 2 is 1.80 bits per heavy atom. The molecule has 0 unspecified atom stereocenters. The maximum Gasteiger partial charge on any atom is 0.261 e. The average Bonchev–Trinajstić information content (AvgIpc) is 2.61. The predicted molar refractivity (Wildman–Crippen MR) is 103 cm³/mol. The van der Waals surface area contributed by atoms with E-state index in [4.69, 9.17) is 16.3 Å². The molecule has 134 valence electrons. The molecule has 2 rings (SSSR count). The summed E-state index contributed by atoms with van der Waals surface area (Å²) in [6.45, 7) is 8.17. The third-order valence-corrected chi connectivity index (χ3v) is 4.74. The van der Waals surface area contributed by atoms with Gasteiger partial charge >= 0.3 is 0 Å². The Morgan fingerprint density at radius 3 is 2.40 bits per heavy atom. The van der Waals surface area contributed by atoms with Crippen LogP contribution in [-0.4, -0.2) is 12.0 Å². The maximum atomic E-state index is 12.7. The zero-order valence-electron chi connectivity index (χ0n) is 15.3. The first kappa shape index (κ1) is 19.3. The van der Waals surface area contributed by atoms with E-state index in [0.29, 0.717) is 17.2 Å². The zero-order valence-corrected chi connectivity index (χ0v) is 16.1. The number of carbonyl (C=O) groups is 1. The molecule has 0 bridgehead atoms. The van der Waals surface area contributed by atoms with E-state index < -0.39 is 6.10 Å². The van der Waals surface area contributed by atoms with Crippen molar-refractivity contribution >= 4 is 17.5 Å². The molecule has 0 spiro atoms. The lowest BCUT2D eigenvalue weighted by Gasteiger charge is -2.23. The van der Waals surface area contributed by atoms with Crippen LogP contribution < -0.4 is 10.1 Å². The highest BCUT2D eigenvalue weighted by Gasteiger charge is 2.22. The summed E-state index contributed by atoms with van der Waals surface area (Å²) in [7, 11) is 0. The molecule has 2 atom stereocenters. The van der Waals surface area contributed by atoms with Crippen LogP contribution in [0.4, 0.5) is 0 Å². The number of hydrogen-bond acceptors (Lipinski definition) is 2. The third-order valence-electron chi connectivity index (χ3n) is 4.43. The molecule has 0 aliphatic heterocycles. The van der Waals surface area contributed by atoms with Crippen LogP contribution in [0.1, 0.15) is 49.4 Å². The van der Waals surface area contributed by atoms with Gasteiger partial charge in [-0.25, -0.2) is 0 Å². The first-order valence-corrected chi connectivity index (χ1v) is 9.12. The summed E-state index contributed by atoms with van der Waals surface area (Å²) in [4.78, 5) is 12.7. The summed E-state index contributed by atoms with van der Waals surface area (Å²) in [5.41, 5.74) is 3.59. The Hall–Kier alpha value is -2.00. The van der Waals surface area contributed by atoms with Crippen molar-refractivity contribution in [2.75, 3.05) is 0 Å². The van der Waals surface area contributed by atoms with Gasteiger partial charge in [0.05, 0.1) is 11.1 Å². The van der Waals surface area contributed by atoms with Gasteiger partial charge in [0.15, 0.2) is 6.10 Å². The molecule has 0 radical (unpaired) electrons. The van der Waals surface area contributed by atoms with Crippen LogP contribution in [0.3, 0.4) is 0 Å². The molecule has 0 aliphatic rings. The molecule has 4 heteroatoms. The second kappa shape index (κ2) is 8.91. The lowest BCUT2D eigenvalue weighted by Crippen LogP contribution is -2.40. The number of nitrogens with one attached hydrogen (secondary N) is 1. The van der Waals surface area contributed by atoms with E-state index in [2.05, 4.69) is 44.3 Å². The van der Waals surface area contributed by atoms with Crippen molar-refractivity contribution in [2.24, 2.45) is 0 Å². The van der Waals surface area contributed by atoms with Crippen LogP contribution in [-0.2, 0) is 4.79 Å². The molecule has 1 N–H and O–H groups in total. The van der Waals surface area contributed by atoms with Gasteiger partial charge in [-0.2, -0.15) is 0 Å². The van der Waals surface area contributed by atoms with Gasteiger partial charge in [-0.3, -0.25) is 4.79 Å². The second-order valence-corrected chi connectivity index (χ2v) is 6.67. The van der Waals surface area contributed by atoms with Crippen LogP contribution in [0.5, 0.6) is 5.75 Å². The third kappa shape index (κ3) is 4.99. The quantitative estimate of drug-likeness (QED) is 0.720. The Morgan fingerprint density at radius 1 is 1.08 bits per heavy atom. The molecule has 0 saturated heterocycles. The molecule has 2 aromatic rings. The molecule has 0 heterocycles. The van der Waals surface area contributed by atoms with E-state index in [1.54, 1.807) is 12.1 Å². The maximum absolute atomic E-state index is 12.7. The van der Waals surface area contributed by atoms with Crippen molar-refractivity contribution in [3.63, 3.8) is 0 Å². The Labute approximate surface area is 155 Å². The van der Waals surface area contributed by atoms with Gasteiger partial charge in [0.2, 0.25) is 0 Å². The van der Waals surface area contributed by atoms with Gasteiger partial charge in [-0.05, 0) is 55.5 Å². The molecule has 2 aromatic carbocycles. The lowest BCUT2D eigenvalue weighted by atomic mass is 9.99. The minimum Gasteiger partial charge on any atom is -0.479 e. The molecular formula is C21H26ClNO2. The molecule has 0 aliphatic carbocycles. The number of halogens is 1. The van der Waals surface area contributed by atoms with E-state index in [1.165, 1.54) is 11.1 Å². The van der Waals surface area contributed by atoms with Crippen LogP contribution >= 0.6 is 11.6 Å². The normalized spacial score (nSPS) is 13.2. The summed E-state index contributed by atoms with van der Waals surface area (Å²) in [6.07, 6.45) is 0.817. The summed E-state index contributed by atoms with van der Waals surface area (Å²) in [6, 6.07) is 13.5. The standard InChI is InChI=1S/C21H26ClNO2/c1-5-18(16-12-11-14(3)15(4)13-16)23-21(24)19(6-2)25-20-10-8-7-9-17(20)22/h7-13,18-19H,5-6H2,1-4H3,(H,23,24)/t18-,19+/m1/s1. The zero-order chi connectivity index (χ0) is 18.4. The summed E-state index contributed by atoms with van der Waals surface area (Å²) in [5.74, 6) is 0.415. The molecule has 0 aromatic heterocycles. The Balaban J connectivity index is 2.11. The summed E-state index contributed by atoms with van der Waals surface area (Å²) >= 11 is 6.13. The van der Waals surface area contributed by atoms with Crippen LogP contribution in [0.25, 0.3) is 0 Å². The molecule has 25 heavy (non-hydrogen) atoms. The van der Waals surface area contributed by atoms with Crippen LogP contribution in [0, 0.1) is 13.8 Å². The van der Waals surface area contributed by atoms with Crippen molar-refractivity contribution in [3.05, 3.63) is 64.2 Å². The lowest BCUT2D eigenvalue weighted by molar-refractivity contribution is -0.128. The van der Waals surface area contributed by atoms with Crippen molar-refractivity contribution in [2.45, 2.75) is 52.7 Å². The molecule has 0 fully saturated rings. The fourth-order valence-corrected chi connectivity index (χ4v) is 2.86. The fourth-order valence-electron chi connectivity index (χ4n) is 2.68. The average molecular weight is 360 g/mol. The van der Waals surface area contributed by atoms with E-state index in [1.807, 2.05) is 19.1 Å². The molecular weight excluding hydrogens is 334 g/mol.